The third kappa shape index (κ3) is 4.05. The number of aryl methyl sites for hydroxylation is 1. The summed E-state index contributed by atoms with van der Waals surface area (Å²) in [4.78, 5) is 10.5. The zero-order valence-electron chi connectivity index (χ0n) is 11.4. The number of hydrogen-bond donors (Lipinski definition) is 0. The monoisotopic (exact) mass is 290 g/mol. The number of rotatable bonds is 5. The minimum atomic E-state index is -1.03. The quantitative estimate of drug-likeness (QED) is 0.628. The minimum absolute atomic E-state index is 0. The van der Waals surface area contributed by atoms with Crippen LogP contribution in [0.5, 0.6) is 11.5 Å². The predicted molar refractivity (Wildman–Crippen MR) is 67.8 cm³/mol. The molecular weight excluding hydrogens is 275 g/mol. The van der Waals surface area contributed by atoms with Gasteiger partial charge in [-0.05, 0) is 36.6 Å². The molecule has 0 fully saturated rings. The molecule has 1 unspecified atom stereocenters. The molecule has 0 N–H and O–H groups in total. The second-order valence-corrected chi connectivity index (χ2v) is 5.33. The van der Waals surface area contributed by atoms with Crippen molar-refractivity contribution in [3.05, 3.63) is 23.3 Å². The maximum atomic E-state index is 10.5. The van der Waals surface area contributed by atoms with E-state index in [9.17, 15) is 9.90 Å². The fraction of sp³-hybridized carbons (Fsp3) is 0.462. The second kappa shape index (κ2) is 7.43. The van der Waals surface area contributed by atoms with Gasteiger partial charge in [-0.25, -0.2) is 0 Å². The summed E-state index contributed by atoms with van der Waals surface area (Å²) >= 11 is 1.38. The Bertz CT molecular complexity index is 464. The van der Waals surface area contributed by atoms with Gasteiger partial charge in [-0.15, -0.1) is 11.8 Å². The van der Waals surface area contributed by atoms with Gasteiger partial charge in [0.15, 0.2) is 11.5 Å². The molecule has 1 aromatic carbocycles. The normalized spacial score (nSPS) is 13.8. The van der Waals surface area contributed by atoms with Crippen molar-refractivity contribution in [1.29, 1.82) is 0 Å². The van der Waals surface area contributed by atoms with E-state index in [1.807, 2.05) is 26.0 Å². The van der Waals surface area contributed by atoms with Crippen molar-refractivity contribution in [3.8, 4) is 11.5 Å². The van der Waals surface area contributed by atoms with Gasteiger partial charge in [0.2, 0.25) is 6.79 Å². The summed E-state index contributed by atoms with van der Waals surface area (Å²) in [6, 6.07) is 3.90. The average molecular weight is 290 g/mol. The topological polar surface area (TPSA) is 58.6 Å². The number of carboxylic acid groups (broad SMARTS) is 1. The number of carbonyl (C=O) groups is 1. The molecule has 1 aliphatic rings. The fourth-order valence-electron chi connectivity index (χ4n) is 2.00. The molecule has 1 aromatic rings. The Labute approximate surface area is 139 Å². The Morgan fingerprint density at radius 2 is 2.05 bits per heavy atom. The number of fused-ring (bicyclic) bond motifs is 1. The molecule has 0 aliphatic carbocycles. The van der Waals surface area contributed by atoms with Crippen LogP contribution in [0, 0.1) is 6.92 Å². The molecule has 0 aromatic heterocycles. The van der Waals surface area contributed by atoms with E-state index in [-0.39, 0.29) is 47.4 Å². The molecule has 2 rings (SSSR count). The second-order valence-electron chi connectivity index (χ2n) is 4.14. The molecule has 0 saturated carbocycles. The Kier molecular flexibility index (Phi) is 6.53. The first-order chi connectivity index (χ1) is 8.61. The van der Waals surface area contributed by atoms with Crippen molar-refractivity contribution in [3.63, 3.8) is 0 Å². The van der Waals surface area contributed by atoms with Crippen LogP contribution < -0.4 is 44.1 Å². The summed E-state index contributed by atoms with van der Waals surface area (Å²) in [5.41, 5.74) is 2.20. The van der Waals surface area contributed by atoms with E-state index < -0.39 is 5.97 Å². The van der Waals surface area contributed by atoms with Crippen molar-refractivity contribution in [2.45, 2.75) is 25.5 Å². The van der Waals surface area contributed by atoms with Crippen molar-refractivity contribution < 1.29 is 48.9 Å². The fourth-order valence-corrected chi connectivity index (χ4v) is 3.01. The summed E-state index contributed by atoms with van der Waals surface area (Å²) in [6.07, 6.45) is 0.860. The van der Waals surface area contributed by atoms with Gasteiger partial charge in [0.25, 0.3) is 0 Å². The SMILES string of the molecule is CCC(SCC(=O)[O-])c1cc2c(cc1C)OCO2.[Na+]. The molecular formula is C13H15NaO4S. The van der Waals surface area contributed by atoms with Crippen LogP contribution in [0.15, 0.2) is 12.1 Å². The van der Waals surface area contributed by atoms with Crippen LogP contribution in [0.2, 0.25) is 0 Å². The summed E-state index contributed by atoms with van der Waals surface area (Å²) in [5.74, 6) is 0.475. The van der Waals surface area contributed by atoms with Gasteiger partial charge < -0.3 is 19.4 Å². The van der Waals surface area contributed by atoms with E-state index in [1.165, 1.54) is 11.8 Å². The van der Waals surface area contributed by atoms with Gasteiger partial charge in [-0.3, -0.25) is 0 Å². The van der Waals surface area contributed by atoms with Gasteiger partial charge in [-0.1, -0.05) is 6.92 Å². The van der Waals surface area contributed by atoms with Crippen molar-refractivity contribution in [2.24, 2.45) is 0 Å². The molecule has 6 heteroatoms. The number of carboxylic acids is 1. The maximum absolute atomic E-state index is 10.5. The van der Waals surface area contributed by atoms with Gasteiger partial charge in [0.1, 0.15) is 0 Å². The third-order valence-corrected chi connectivity index (χ3v) is 4.27. The number of aliphatic carboxylic acids is 1. The standard InChI is InChI=1S/C13H16O4S.Na/c1-3-12(18-6-13(14)15)9-5-11-10(4-8(9)2)16-7-17-11;/h4-5,12H,3,6-7H2,1-2H3,(H,14,15);/q;+1/p-1. The van der Waals surface area contributed by atoms with Gasteiger partial charge in [-0.2, -0.15) is 0 Å². The van der Waals surface area contributed by atoms with E-state index in [1.54, 1.807) is 0 Å². The number of ether oxygens (including phenoxy) is 2. The van der Waals surface area contributed by atoms with Crippen LogP contribution in [0.1, 0.15) is 29.7 Å². The van der Waals surface area contributed by atoms with Crippen molar-refractivity contribution in [2.75, 3.05) is 12.5 Å². The number of benzene rings is 1. The largest absolute Gasteiger partial charge is 1.00 e. The third-order valence-electron chi connectivity index (χ3n) is 2.88. The molecule has 4 nitrogen and oxygen atoms in total. The van der Waals surface area contributed by atoms with E-state index in [4.69, 9.17) is 9.47 Å². The molecule has 98 valence electrons. The Hall–Kier alpha value is -0.360. The molecule has 1 aliphatic heterocycles. The zero-order valence-corrected chi connectivity index (χ0v) is 14.2. The molecule has 0 radical (unpaired) electrons. The molecule has 19 heavy (non-hydrogen) atoms. The van der Waals surface area contributed by atoms with Crippen molar-refractivity contribution >= 4 is 17.7 Å². The Morgan fingerprint density at radius 3 is 2.63 bits per heavy atom. The first kappa shape index (κ1) is 16.7. The molecule has 1 heterocycles. The van der Waals surface area contributed by atoms with E-state index in [0.29, 0.717) is 0 Å². The van der Waals surface area contributed by atoms with E-state index >= 15 is 0 Å². The van der Waals surface area contributed by atoms with Gasteiger partial charge >= 0.3 is 29.6 Å². The zero-order chi connectivity index (χ0) is 13.1. The first-order valence-corrected chi connectivity index (χ1v) is 6.88. The number of carbonyl (C=O) groups excluding carboxylic acids is 1. The number of hydrogen-bond acceptors (Lipinski definition) is 5. The summed E-state index contributed by atoms with van der Waals surface area (Å²) in [6.45, 7) is 4.29. The van der Waals surface area contributed by atoms with Crippen LogP contribution in [0.4, 0.5) is 0 Å². The number of thioether (sulfide) groups is 1. The molecule has 0 spiro atoms. The molecule has 0 bridgehead atoms. The molecule has 1 atom stereocenters. The average Bonchev–Trinajstić information content (AvgIpc) is 2.76. The Morgan fingerprint density at radius 1 is 1.42 bits per heavy atom. The summed E-state index contributed by atoms with van der Waals surface area (Å²) in [5, 5.41) is 10.7. The van der Waals surface area contributed by atoms with Crippen LogP contribution in [0.25, 0.3) is 0 Å². The van der Waals surface area contributed by atoms with Crippen LogP contribution >= 0.6 is 11.8 Å². The van der Waals surface area contributed by atoms with Gasteiger partial charge in [0.05, 0.1) is 5.97 Å². The van der Waals surface area contributed by atoms with Crippen LogP contribution in [-0.4, -0.2) is 18.5 Å². The van der Waals surface area contributed by atoms with Crippen LogP contribution in [-0.2, 0) is 4.79 Å². The molecule has 0 saturated heterocycles. The summed E-state index contributed by atoms with van der Waals surface area (Å²) < 4.78 is 10.7. The maximum Gasteiger partial charge on any atom is 1.00 e. The van der Waals surface area contributed by atoms with Gasteiger partial charge in [0, 0.05) is 11.0 Å². The predicted octanol–water partition coefficient (Wildman–Crippen LogP) is -1.34. The Balaban J connectivity index is 0.00000180. The smallest absolute Gasteiger partial charge is 0.549 e. The van der Waals surface area contributed by atoms with E-state index in [2.05, 4.69) is 0 Å². The summed E-state index contributed by atoms with van der Waals surface area (Å²) in [7, 11) is 0. The first-order valence-electron chi connectivity index (χ1n) is 5.83. The minimum Gasteiger partial charge on any atom is -0.549 e. The van der Waals surface area contributed by atoms with Crippen molar-refractivity contribution in [1.82, 2.24) is 0 Å². The molecule has 0 amide bonds. The van der Waals surface area contributed by atoms with Crippen LogP contribution in [0.3, 0.4) is 0 Å². The van der Waals surface area contributed by atoms with E-state index in [0.717, 1.165) is 29.0 Å².